The van der Waals surface area contributed by atoms with Crippen molar-refractivity contribution in [1.29, 1.82) is 0 Å². The van der Waals surface area contributed by atoms with Crippen molar-refractivity contribution < 1.29 is 0 Å². The molecular formula is C47H30N2. The molecule has 1 aliphatic rings. The molecule has 1 heterocycles. The van der Waals surface area contributed by atoms with Gasteiger partial charge in [0.05, 0.1) is 16.6 Å². The second-order valence-electron chi connectivity index (χ2n) is 12.9. The summed E-state index contributed by atoms with van der Waals surface area (Å²) in [5.74, 6) is 0.727. The summed E-state index contributed by atoms with van der Waals surface area (Å²) >= 11 is 0. The smallest absolute Gasteiger partial charge is 0.160 e. The van der Waals surface area contributed by atoms with Gasteiger partial charge in [-0.1, -0.05) is 170 Å². The molecule has 0 amide bonds. The van der Waals surface area contributed by atoms with Gasteiger partial charge in [-0.2, -0.15) is 0 Å². The monoisotopic (exact) mass is 622 g/mol. The number of fused-ring (bicyclic) bond motifs is 8. The Bertz CT molecular complexity index is 2660. The van der Waals surface area contributed by atoms with Crippen LogP contribution in [0.4, 0.5) is 0 Å². The van der Waals surface area contributed by atoms with Gasteiger partial charge >= 0.3 is 0 Å². The summed E-state index contributed by atoms with van der Waals surface area (Å²) in [6.07, 6.45) is 0. The maximum absolute atomic E-state index is 5.35. The molecule has 2 nitrogen and oxygen atoms in total. The van der Waals surface area contributed by atoms with Crippen molar-refractivity contribution in [2.24, 2.45) is 0 Å². The van der Waals surface area contributed by atoms with Gasteiger partial charge in [0, 0.05) is 16.5 Å². The molecule has 8 aromatic carbocycles. The first-order valence-corrected chi connectivity index (χ1v) is 16.8. The molecule has 2 heteroatoms. The van der Waals surface area contributed by atoms with Crippen LogP contribution in [0.5, 0.6) is 0 Å². The molecule has 49 heavy (non-hydrogen) atoms. The van der Waals surface area contributed by atoms with Crippen molar-refractivity contribution >= 4 is 32.4 Å². The van der Waals surface area contributed by atoms with Crippen LogP contribution in [0, 0.1) is 0 Å². The highest BCUT2D eigenvalue weighted by Crippen LogP contribution is 2.57. The number of nitrogens with zero attached hydrogens (tertiary/aromatic N) is 2. The van der Waals surface area contributed by atoms with E-state index >= 15 is 0 Å². The van der Waals surface area contributed by atoms with E-state index in [0.29, 0.717) is 0 Å². The van der Waals surface area contributed by atoms with Crippen LogP contribution < -0.4 is 0 Å². The Hall–Kier alpha value is -6.38. The van der Waals surface area contributed by atoms with Crippen molar-refractivity contribution in [2.45, 2.75) is 5.41 Å². The zero-order valence-corrected chi connectivity index (χ0v) is 26.7. The van der Waals surface area contributed by atoms with Crippen LogP contribution in [0.3, 0.4) is 0 Å². The van der Waals surface area contributed by atoms with E-state index in [-0.39, 0.29) is 0 Å². The van der Waals surface area contributed by atoms with E-state index in [4.69, 9.17) is 9.97 Å². The highest BCUT2D eigenvalue weighted by atomic mass is 14.9. The summed E-state index contributed by atoms with van der Waals surface area (Å²) in [5, 5.41) is 5.84. The highest BCUT2D eigenvalue weighted by Gasteiger charge is 2.46. The zero-order valence-electron chi connectivity index (χ0n) is 26.7. The number of aromatic nitrogens is 2. The summed E-state index contributed by atoms with van der Waals surface area (Å²) in [4.78, 5) is 10.6. The van der Waals surface area contributed by atoms with Gasteiger partial charge in [0.1, 0.15) is 0 Å². The van der Waals surface area contributed by atoms with Gasteiger partial charge in [-0.3, -0.25) is 0 Å². The molecule has 10 rings (SSSR count). The van der Waals surface area contributed by atoms with E-state index in [9.17, 15) is 0 Å². The molecule has 0 saturated heterocycles. The van der Waals surface area contributed by atoms with Crippen LogP contribution in [0.1, 0.15) is 22.3 Å². The van der Waals surface area contributed by atoms with E-state index < -0.39 is 5.41 Å². The fourth-order valence-electron chi connectivity index (χ4n) is 8.24. The maximum Gasteiger partial charge on any atom is 0.160 e. The Balaban J connectivity index is 1.27. The average Bonchev–Trinajstić information content (AvgIpc) is 3.50. The van der Waals surface area contributed by atoms with Gasteiger partial charge in [-0.25, -0.2) is 9.97 Å². The van der Waals surface area contributed by atoms with Crippen molar-refractivity contribution in [1.82, 2.24) is 9.97 Å². The van der Waals surface area contributed by atoms with E-state index in [1.54, 1.807) is 0 Å². The van der Waals surface area contributed by atoms with Crippen LogP contribution in [-0.2, 0) is 5.41 Å². The lowest BCUT2D eigenvalue weighted by atomic mass is 9.67. The van der Waals surface area contributed by atoms with Crippen molar-refractivity contribution in [3.8, 4) is 33.8 Å². The fraction of sp³-hybridized carbons (Fsp3) is 0.0213. The first-order valence-electron chi connectivity index (χ1n) is 16.8. The Morgan fingerprint density at radius 3 is 1.80 bits per heavy atom. The van der Waals surface area contributed by atoms with Gasteiger partial charge in [0.15, 0.2) is 5.82 Å². The predicted octanol–water partition coefficient (Wildman–Crippen LogP) is 11.6. The molecule has 0 unspecified atom stereocenters. The van der Waals surface area contributed by atoms with Gasteiger partial charge in [0.25, 0.3) is 0 Å². The first kappa shape index (κ1) is 27.7. The van der Waals surface area contributed by atoms with E-state index in [0.717, 1.165) is 38.9 Å². The van der Waals surface area contributed by atoms with E-state index in [1.165, 1.54) is 49.5 Å². The minimum atomic E-state index is -0.445. The quantitative estimate of drug-likeness (QED) is 0.183. The molecule has 1 aliphatic carbocycles. The maximum atomic E-state index is 5.35. The summed E-state index contributed by atoms with van der Waals surface area (Å²) in [5.41, 5.74) is 11.2. The third kappa shape index (κ3) is 4.07. The molecule has 0 saturated carbocycles. The molecule has 0 atom stereocenters. The van der Waals surface area contributed by atoms with Crippen molar-refractivity contribution in [2.75, 3.05) is 0 Å². The SMILES string of the molecule is c1ccc(-c2nc(-c3ccc4ccc5c(c4c3)-c3ccccc3C5(c3ccccc3)c3ccccc3)nc3ccc4ccccc4c23)cc1. The van der Waals surface area contributed by atoms with E-state index in [1.807, 2.05) is 0 Å². The molecule has 0 radical (unpaired) electrons. The zero-order chi connectivity index (χ0) is 32.4. The number of hydrogen-bond acceptors (Lipinski definition) is 2. The topological polar surface area (TPSA) is 25.8 Å². The highest BCUT2D eigenvalue weighted by molar-refractivity contribution is 6.13. The molecular weight excluding hydrogens is 593 g/mol. The fourth-order valence-corrected chi connectivity index (χ4v) is 8.24. The van der Waals surface area contributed by atoms with Crippen LogP contribution in [0.15, 0.2) is 182 Å². The third-order valence-corrected chi connectivity index (χ3v) is 10.3. The van der Waals surface area contributed by atoms with Crippen LogP contribution >= 0.6 is 0 Å². The molecule has 0 bridgehead atoms. The molecule has 0 spiro atoms. The summed E-state index contributed by atoms with van der Waals surface area (Å²) in [7, 11) is 0. The lowest BCUT2D eigenvalue weighted by molar-refractivity contribution is 0.769. The van der Waals surface area contributed by atoms with Gasteiger partial charge in [-0.15, -0.1) is 0 Å². The van der Waals surface area contributed by atoms with Crippen LogP contribution in [-0.4, -0.2) is 9.97 Å². The minimum absolute atomic E-state index is 0.445. The van der Waals surface area contributed by atoms with Gasteiger partial charge < -0.3 is 0 Å². The standard InChI is InChI=1S/C47H30N2/c1-4-15-33(16-5-1)45-44-37-21-11-10-14-31(37)27-29-42(44)48-46(49-45)34-25-24-32-26-28-41-43(39(32)30-34)38-22-12-13-23-40(38)47(41,35-17-6-2-7-18-35)36-19-8-3-9-20-36/h1-30H. The molecule has 0 aliphatic heterocycles. The first-order chi connectivity index (χ1) is 24.3. The molecule has 0 fully saturated rings. The Labute approximate surface area is 285 Å². The molecule has 228 valence electrons. The average molecular weight is 623 g/mol. The molecule has 1 aromatic heterocycles. The lowest BCUT2D eigenvalue weighted by Crippen LogP contribution is -2.28. The van der Waals surface area contributed by atoms with Crippen molar-refractivity contribution in [3.63, 3.8) is 0 Å². The Kier molecular flexibility index (Phi) is 6.13. The largest absolute Gasteiger partial charge is 0.228 e. The number of rotatable bonds is 4. The predicted molar refractivity (Wildman–Crippen MR) is 203 cm³/mol. The van der Waals surface area contributed by atoms with Crippen molar-refractivity contribution in [3.05, 3.63) is 204 Å². The summed E-state index contributed by atoms with van der Waals surface area (Å²) in [6, 6.07) is 65.6. The minimum Gasteiger partial charge on any atom is -0.228 e. The second kappa shape index (κ2) is 10.8. The van der Waals surface area contributed by atoms with Crippen LogP contribution in [0.2, 0.25) is 0 Å². The van der Waals surface area contributed by atoms with Crippen LogP contribution in [0.25, 0.3) is 66.2 Å². The third-order valence-electron chi connectivity index (χ3n) is 10.3. The number of benzene rings is 8. The molecule has 0 N–H and O–H groups in total. The molecule has 9 aromatic rings. The van der Waals surface area contributed by atoms with Gasteiger partial charge in [0.2, 0.25) is 0 Å². The van der Waals surface area contributed by atoms with Gasteiger partial charge in [-0.05, 0) is 67.1 Å². The lowest BCUT2D eigenvalue weighted by Gasteiger charge is -2.33. The van der Waals surface area contributed by atoms with E-state index in [2.05, 4.69) is 182 Å². The summed E-state index contributed by atoms with van der Waals surface area (Å²) in [6.45, 7) is 0. The Morgan fingerprint density at radius 2 is 1.02 bits per heavy atom. The second-order valence-corrected chi connectivity index (χ2v) is 12.9. The summed E-state index contributed by atoms with van der Waals surface area (Å²) < 4.78 is 0. The Morgan fingerprint density at radius 1 is 0.408 bits per heavy atom. The number of hydrogen-bond donors (Lipinski definition) is 0. The normalized spacial score (nSPS) is 13.1.